The van der Waals surface area contributed by atoms with Crippen molar-refractivity contribution in [3.05, 3.63) is 42.1 Å². The molecule has 1 N–H and O–H groups in total. The Morgan fingerprint density at radius 3 is 2.65 bits per heavy atom. The Bertz CT molecular complexity index is 640. The lowest BCUT2D eigenvalue weighted by Gasteiger charge is -2.42. The molecule has 2 fully saturated rings. The second kappa shape index (κ2) is 4.27. The van der Waals surface area contributed by atoms with Gasteiger partial charge in [-0.25, -0.2) is 0 Å². The van der Waals surface area contributed by atoms with Crippen molar-refractivity contribution in [1.29, 1.82) is 0 Å². The van der Waals surface area contributed by atoms with Crippen LogP contribution in [0.25, 0.3) is 10.9 Å². The summed E-state index contributed by atoms with van der Waals surface area (Å²) in [6.07, 6.45) is 5.96. The third-order valence-electron chi connectivity index (χ3n) is 5.26. The Morgan fingerprint density at radius 2 is 1.90 bits per heavy atom. The van der Waals surface area contributed by atoms with E-state index < -0.39 is 5.60 Å². The van der Waals surface area contributed by atoms with Crippen LogP contribution in [0, 0.1) is 0 Å². The maximum absolute atomic E-state index is 11.1. The Morgan fingerprint density at radius 1 is 1.20 bits per heavy atom. The molecule has 0 aliphatic carbocycles. The average molecular weight is 268 g/mol. The minimum absolute atomic E-state index is 0.519. The lowest BCUT2D eigenvalue weighted by molar-refractivity contribution is -0.0494. The number of hydrogen-bond acceptors (Lipinski definition) is 3. The quantitative estimate of drug-likeness (QED) is 0.864. The van der Waals surface area contributed by atoms with Gasteiger partial charge >= 0.3 is 0 Å². The van der Waals surface area contributed by atoms with Crippen LogP contribution in [-0.4, -0.2) is 34.1 Å². The fraction of sp³-hybridized carbons (Fsp3) is 0.471. The van der Waals surface area contributed by atoms with Gasteiger partial charge in [0.2, 0.25) is 0 Å². The Kier molecular flexibility index (Phi) is 2.63. The molecule has 3 nitrogen and oxygen atoms in total. The van der Waals surface area contributed by atoms with Gasteiger partial charge in [-0.15, -0.1) is 0 Å². The monoisotopic (exact) mass is 268 g/mol. The normalized spacial score (nSPS) is 33.7. The Labute approximate surface area is 119 Å². The number of rotatable bonds is 1. The lowest BCUT2D eigenvalue weighted by Crippen LogP contribution is -2.47. The van der Waals surface area contributed by atoms with Crippen LogP contribution < -0.4 is 0 Å². The molecule has 20 heavy (non-hydrogen) atoms. The van der Waals surface area contributed by atoms with E-state index >= 15 is 0 Å². The van der Waals surface area contributed by atoms with Crippen molar-refractivity contribution in [2.75, 3.05) is 7.05 Å². The molecule has 2 unspecified atom stereocenters. The van der Waals surface area contributed by atoms with Crippen molar-refractivity contribution in [2.24, 2.45) is 0 Å². The molecule has 0 saturated carbocycles. The highest BCUT2D eigenvalue weighted by molar-refractivity contribution is 5.78. The van der Waals surface area contributed by atoms with E-state index in [4.69, 9.17) is 0 Å². The molecule has 0 spiro atoms. The van der Waals surface area contributed by atoms with E-state index in [2.05, 4.69) is 29.1 Å². The van der Waals surface area contributed by atoms with E-state index in [0.29, 0.717) is 12.1 Å². The number of fused-ring (bicyclic) bond motifs is 3. The number of hydrogen-bond donors (Lipinski definition) is 1. The van der Waals surface area contributed by atoms with E-state index in [1.165, 1.54) is 12.8 Å². The second-order valence-electron chi connectivity index (χ2n) is 6.41. The smallest absolute Gasteiger partial charge is 0.0941 e. The van der Waals surface area contributed by atoms with Gasteiger partial charge in [-0.05, 0) is 44.9 Å². The first-order valence-electron chi connectivity index (χ1n) is 7.45. The number of nitrogens with zero attached hydrogens (tertiary/aromatic N) is 2. The topological polar surface area (TPSA) is 36.4 Å². The summed E-state index contributed by atoms with van der Waals surface area (Å²) < 4.78 is 0. The number of pyridine rings is 1. The molecule has 1 aromatic heterocycles. The van der Waals surface area contributed by atoms with Crippen LogP contribution in [0.1, 0.15) is 31.2 Å². The van der Waals surface area contributed by atoms with Crippen molar-refractivity contribution in [3.8, 4) is 0 Å². The van der Waals surface area contributed by atoms with Crippen LogP contribution in [0.4, 0.5) is 0 Å². The molecule has 2 aromatic rings. The number of benzene rings is 1. The zero-order valence-electron chi connectivity index (χ0n) is 11.8. The zero-order chi connectivity index (χ0) is 13.7. The minimum atomic E-state index is -0.699. The number of piperidine rings is 1. The van der Waals surface area contributed by atoms with Gasteiger partial charge in [0.25, 0.3) is 0 Å². The van der Waals surface area contributed by atoms with Gasteiger partial charge in [0, 0.05) is 29.2 Å². The predicted molar refractivity (Wildman–Crippen MR) is 79.4 cm³/mol. The van der Waals surface area contributed by atoms with E-state index in [1.54, 1.807) is 0 Å². The maximum Gasteiger partial charge on any atom is 0.0941 e. The summed E-state index contributed by atoms with van der Waals surface area (Å²) in [5.41, 5.74) is 1.28. The summed E-state index contributed by atoms with van der Waals surface area (Å²) in [7, 11) is 2.19. The van der Waals surface area contributed by atoms with Gasteiger partial charge in [0.15, 0.2) is 0 Å². The maximum atomic E-state index is 11.1. The van der Waals surface area contributed by atoms with Crippen LogP contribution in [-0.2, 0) is 5.60 Å². The summed E-state index contributed by atoms with van der Waals surface area (Å²) in [5, 5.41) is 12.2. The number of para-hydroxylation sites is 1. The molecule has 3 heterocycles. The third-order valence-corrected chi connectivity index (χ3v) is 5.26. The number of aromatic nitrogens is 1. The van der Waals surface area contributed by atoms with E-state index in [9.17, 15) is 5.11 Å². The summed E-state index contributed by atoms with van der Waals surface area (Å²) >= 11 is 0. The molecular formula is C17H20N2O. The molecule has 2 aliphatic rings. The largest absolute Gasteiger partial charge is 0.385 e. The first-order valence-corrected chi connectivity index (χ1v) is 7.45. The van der Waals surface area contributed by atoms with Crippen molar-refractivity contribution >= 4 is 10.9 Å². The molecule has 1 aromatic carbocycles. The lowest BCUT2D eigenvalue weighted by atomic mass is 9.81. The van der Waals surface area contributed by atoms with Crippen LogP contribution in [0.3, 0.4) is 0 Å². The summed E-state index contributed by atoms with van der Waals surface area (Å²) in [6, 6.07) is 11.3. The SMILES string of the molecule is CN1C2CCC1CC(O)(c1cnc3ccccc3c1)C2. The molecule has 0 radical (unpaired) electrons. The standard InChI is InChI=1S/C17H20N2O/c1-19-14-6-7-15(19)10-17(20,9-14)13-8-12-4-2-3-5-16(12)18-11-13/h2-5,8,11,14-15,20H,6-7,9-10H2,1H3. The highest BCUT2D eigenvalue weighted by Gasteiger charge is 2.46. The van der Waals surface area contributed by atoms with Crippen molar-refractivity contribution in [1.82, 2.24) is 9.88 Å². The van der Waals surface area contributed by atoms with E-state index in [1.807, 2.05) is 24.4 Å². The average Bonchev–Trinajstić information content (AvgIpc) is 2.70. The van der Waals surface area contributed by atoms with Gasteiger partial charge in [-0.1, -0.05) is 18.2 Å². The molecule has 2 atom stereocenters. The van der Waals surface area contributed by atoms with Gasteiger partial charge in [-0.2, -0.15) is 0 Å². The summed E-state index contributed by atoms with van der Waals surface area (Å²) in [6.45, 7) is 0. The fourth-order valence-electron chi connectivity index (χ4n) is 4.01. The molecule has 3 heteroatoms. The van der Waals surface area contributed by atoms with Gasteiger partial charge in [-0.3, -0.25) is 4.98 Å². The molecule has 2 saturated heterocycles. The first kappa shape index (κ1) is 12.3. The highest BCUT2D eigenvalue weighted by Crippen LogP contribution is 2.45. The van der Waals surface area contributed by atoms with Crippen LogP contribution in [0.5, 0.6) is 0 Å². The van der Waals surface area contributed by atoms with Crippen LogP contribution >= 0.6 is 0 Å². The minimum Gasteiger partial charge on any atom is -0.385 e. The van der Waals surface area contributed by atoms with E-state index in [0.717, 1.165) is 29.3 Å². The van der Waals surface area contributed by atoms with Crippen molar-refractivity contribution < 1.29 is 5.11 Å². The van der Waals surface area contributed by atoms with E-state index in [-0.39, 0.29) is 0 Å². The number of aliphatic hydroxyl groups is 1. The molecule has 2 aliphatic heterocycles. The molecular weight excluding hydrogens is 248 g/mol. The predicted octanol–water partition coefficient (Wildman–Crippen LogP) is 2.68. The highest BCUT2D eigenvalue weighted by atomic mass is 16.3. The summed E-state index contributed by atoms with van der Waals surface area (Å²) in [4.78, 5) is 6.96. The second-order valence-corrected chi connectivity index (χ2v) is 6.41. The first-order chi connectivity index (χ1) is 9.66. The van der Waals surface area contributed by atoms with Crippen molar-refractivity contribution in [3.63, 3.8) is 0 Å². The van der Waals surface area contributed by atoms with Crippen molar-refractivity contribution in [2.45, 2.75) is 43.4 Å². The van der Waals surface area contributed by atoms with Gasteiger partial charge < -0.3 is 10.0 Å². The Balaban J connectivity index is 1.75. The molecule has 2 bridgehead atoms. The third kappa shape index (κ3) is 1.77. The zero-order valence-corrected chi connectivity index (χ0v) is 11.8. The fourth-order valence-corrected chi connectivity index (χ4v) is 4.01. The van der Waals surface area contributed by atoms with Gasteiger partial charge in [0.1, 0.15) is 0 Å². The molecule has 104 valence electrons. The van der Waals surface area contributed by atoms with Crippen LogP contribution in [0.2, 0.25) is 0 Å². The van der Waals surface area contributed by atoms with Gasteiger partial charge in [0.05, 0.1) is 11.1 Å². The molecule has 4 rings (SSSR count). The Hall–Kier alpha value is -1.45. The van der Waals surface area contributed by atoms with Crippen LogP contribution in [0.15, 0.2) is 36.5 Å². The molecule has 0 amide bonds. The summed E-state index contributed by atoms with van der Waals surface area (Å²) in [5.74, 6) is 0.